The molecule has 0 saturated carbocycles. The molecular formula is C24H21F3N2O2S. The highest BCUT2D eigenvalue weighted by Crippen LogP contribution is 2.43. The fraction of sp³-hybridized carbons (Fsp3) is 0.292. The lowest BCUT2D eigenvalue weighted by Crippen LogP contribution is -2.18. The number of benzene rings is 2. The predicted molar refractivity (Wildman–Crippen MR) is 118 cm³/mol. The molecule has 0 atom stereocenters. The Balaban J connectivity index is 1.47. The van der Waals surface area contributed by atoms with Gasteiger partial charge in [-0.2, -0.15) is 13.2 Å². The lowest BCUT2D eigenvalue weighted by molar-refractivity contribution is -0.139. The highest BCUT2D eigenvalue weighted by Gasteiger charge is 2.34. The maximum Gasteiger partial charge on any atom is 0.417 e. The average molecular weight is 459 g/mol. The maximum absolute atomic E-state index is 14.0. The Morgan fingerprint density at radius 3 is 2.38 bits per heavy atom. The molecule has 0 spiro atoms. The molecule has 8 heteroatoms. The summed E-state index contributed by atoms with van der Waals surface area (Å²) in [5, 5.41) is 0. The van der Waals surface area contributed by atoms with Gasteiger partial charge in [0.2, 0.25) is 0 Å². The van der Waals surface area contributed by atoms with Crippen LogP contribution in [0, 0.1) is 0 Å². The molecule has 4 nitrogen and oxygen atoms in total. The van der Waals surface area contributed by atoms with Gasteiger partial charge >= 0.3 is 6.18 Å². The van der Waals surface area contributed by atoms with Gasteiger partial charge in [-0.05, 0) is 66.4 Å². The minimum absolute atomic E-state index is 0.145. The van der Waals surface area contributed by atoms with E-state index >= 15 is 0 Å². The van der Waals surface area contributed by atoms with Crippen molar-refractivity contribution in [3.63, 3.8) is 0 Å². The standard InChI is InChI=1S/C24H21F3N2O2S/c25-24(26,27)19-13-16(17-7-8-28-23(14-17)29-9-1-2-10-29)3-6-22(19)32-18-4-5-20-21(15-18)31-12-11-30-20/h3-8,13-15H,1-2,9-12H2. The van der Waals surface area contributed by atoms with Crippen LogP contribution in [0.5, 0.6) is 11.5 Å². The van der Waals surface area contributed by atoms with Crippen LogP contribution in [0.1, 0.15) is 18.4 Å². The lowest BCUT2D eigenvalue weighted by atomic mass is 10.0. The number of rotatable bonds is 4. The zero-order valence-corrected chi connectivity index (χ0v) is 18.0. The number of pyridine rings is 1. The smallest absolute Gasteiger partial charge is 0.417 e. The number of halogens is 3. The fourth-order valence-corrected chi connectivity index (χ4v) is 4.93. The van der Waals surface area contributed by atoms with E-state index in [2.05, 4.69) is 9.88 Å². The largest absolute Gasteiger partial charge is 0.486 e. The number of anilines is 1. The molecule has 1 saturated heterocycles. The lowest BCUT2D eigenvalue weighted by Gasteiger charge is -2.19. The van der Waals surface area contributed by atoms with Crippen LogP contribution < -0.4 is 14.4 Å². The van der Waals surface area contributed by atoms with Gasteiger partial charge < -0.3 is 14.4 Å². The summed E-state index contributed by atoms with van der Waals surface area (Å²) < 4.78 is 53.0. The van der Waals surface area contributed by atoms with E-state index in [9.17, 15) is 13.2 Å². The summed E-state index contributed by atoms with van der Waals surface area (Å²) >= 11 is 1.07. The Bertz CT molecular complexity index is 1130. The van der Waals surface area contributed by atoms with E-state index in [-0.39, 0.29) is 4.90 Å². The topological polar surface area (TPSA) is 34.6 Å². The molecule has 32 heavy (non-hydrogen) atoms. The van der Waals surface area contributed by atoms with Gasteiger partial charge in [-0.1, -0.05) is 17.8 Å². The molecule has 0 aliphatic carbocycles. The van der Waals surface area contributed by atoms with E-state index in [0.717, 1.165) is 49.1 Å². The van der Waals surface area contributed by atoms with Crippen LogP contribution in [-0.4, -0.2) is 31.3 Å². The van der Waals surface area contributed by atoms with Crippen molar-refractivity contribution < 1.29 is 22.6 Å². The molecule has 0 amide bonds. The number of nitrogens with zero attached hydrogens (tertiary/aromatic N) is 2. The van der Waals surface area contributed by atoms with Crippen molar-refractivity contribution in [1.29, 1.82) is 0 Å². The van der Waals surface area contributed by atoms with Gasteiger partial charge in [0, 0.05) is 29.1 Å². The summed E-state index contributed by atoms with van der Waals surface area (Å²) in [6.07, 6.45) is -0.600. The van der Waals surface area contributed by atoms with Gasteiger partial charge in [-0.25, -0.2) is 4.98 Å². The van der Waals surface area contributed by atoms with E-state index in [1.54, 1.807) is 36.5 Å². The van der Waals surface area contributed by atoms with Crippen LogP contribution in [0.25, 0.3) is 11.1 Å². The quantitative estimate of drug-likeness (QED) is 0.459. The van der Waals surface area contributed by atoms with Crippen LogP contribution in [-0.2, 0) is 6.18 Å². The monoisotopic (exact) mass is 458 g/mol. The van der Waals surface area contributed by atoms with Crippen molar-refractivity contribution >= 4 is 17.6 Å². The number of hydrogen-bond donors (Lipinski definition) is 0. The minimum Gasteiger partial charge on any atom is -0.486 e. The molecule has 0 radical (unpaired) electrons. The Morgan fingerprint density at radius 2 is 1.59 bits per heavy atom. The molecular weight excluding hydrogens is 437 g/mol. The first-order valence-electron chi connectivity index (χ1n) is 10.5. The summed E-state index contributed by atoms with van der Waals surface area (Å²) in [6, 6.07) is 13.3. The van der Waals surface area contributed by atoms with Gasteiger partial charge in [-0.15, -0.1) is 0 Å². The third-order valence-electron chi connectivity index (χ3n) is 5.54. The second-order valence-electron chi connectivity index (χ2n) is 7.71. The van der Waals surface area contributed by atoms with E-state index < -0.39 is 11.7 Å². The van der Waals surface area contributed by atoms with Crippen LogP contribution in [0.15, 0.2) is 64.5 Å². The number of fused-ring (bicyclic) bond motifs is 1. The minimum atomic E-state index is -4.48. The van der Waals surface area contributed by atoms with Crippen LogP contribution in [0.4, 0.5) is 19.0 Å². The maximum atomic E-state index is 14.0. The van der Waals surface area contributed by atoms with Gasteiger partial charge in [0.25, 0.3) is 0 Å². The van der Waals surface area contributed by atoms with Crippen molar-refractivity contribution in [2.45, 2.75) is 28.8 Å². The molecule has 1 aromatic heterocycles. The zero-order chi connectivity index (χ0) is 22.1. The van der Waals surface area contributed by atoms with Crippen molar-refractivity contribution in [3.05, 3.63) is 60.3 Å². The van der Waals surface area contributed by atoms with Crippen LogP contribution in [0.2, 0.25) is 0 Å². The van der Waals surface area contributed by atoms with Crippen molar-refractivity contribution in [2.75, 3.05) is 31.2 Å². The third-order valence-corrected chi connectivity index (χ3v) is 6.60. The van der Waals surface area contributed by atoms with Crippen molar-refractivity contribution in [3.8, 4) is 22.6 Å². The summed E-state index contributed by atoms with van der Waals surface area (Å²) in [4.78, 5) is 7.38. The third kappa shape index (κ3) is 4.37. The van der Waals surface area contributed by atoms with Crippen molar-refractivity contribution in [1.82, 2.24) is 4.98 Å². The molecule has 0 unspecified atom stereocenters. The number of alkyl halides is 3. The average Bonchev–Trinajstić information content (AvgIpc) is 3.34. The van der Waals surface area contributed by atoms with E-state index in [4.69, 9.17) is 9.47 Å². The summed E-state index contributed by atoms with van der Waals surface area (Å²) in [6.45, 7) is 2.74. The molecule has 0 N–H and O–H groups in total. The molecule has 166 valence electrons. The molecule has 3 aromatic rings. The van der Waals surface area contributed by atoms with E-state index in [0.29, 0.717) is 35.2 Å². The summed E-state index contributed by atoms with van der Waals surface area (Å²) in [5.74, 6) is 1.97. The number of hydrogen-bond acceptors (Lipinski definition) is 5. The van der Waals surface area contributed by atoms with Gasteiger partial charge in [0.05, 0.1) is 5.56 Å². The van der Waals surface area contributed by atoms with Gasteiger partial charge in [0.1, 0.15) is 19.0 Å². The molecule has 0 bridgehead atoms. The second-order valence-corrected chi connectivity index (χ2v) is 8.83. The molecule has 2 aliphatic rings. The summed E-state index contributed by atoms with van der Waals surface area (Å²) in [5.41, 5.74) is 0.587. The first-order valence-corrected chi connectivity index (χ1v) is 11.3. The SMILES string of the molecule is FC(F)(F)c1cc(-c2ccnc(N3CCCC3)c2)ccc1Sc1ccc2c(c1)OCCO2. The molecule has 5 rings (SSSR count). The predicted octanol–water partition coefficient (Wildman–Crippen LogP) is 6.29. The first kappa shape index (κ1) is 21.0. The Hall–Kier alpha value is -2.87. The molecule has 2 aliphatic heterocycles. The fourth-order valence-electron chi connectivity index (χ4n) is 3.95. The van der Waals surface area contributed by atoms with E-state index in [1.165, 1.54) is 12.1 Å². The van der Waals surface area contributed by atoms with E-state index in [1.807, 2.05) is 6.07 Å². The summed E-state index contributed by atoms with van der Waals surface area (Å²) in [7, 11) is 0. The Kier molecular flexibility index (Phi) is 5.63. The van der Waals surface area contributed by atoms with Crippen LogP contribution in [0.3, 0.4) is 0 Å². The van der Waals surface area contributed by atoms with Crippen molar-refractivity contribution in [2.24, 2.45) is 0 Å². The highest BCUT2D eigenvalue weighted by molar-refractivity contribution is 7.99. The zero-order valence-electron chi connectivity index (χ0n) is 17.2. The molecule has 2 aromatic carbocycles. The normalized spacial score (nSPS) is 15.8. The van der Waals surface area contributed by atoms with Crippen LogP contribution >= 0.6 is 11.8 Å². The van der Waals surface area contributed by atoms with Gasteiger partial charge in [-0.3, -0.25) is 0 Å². The number of ether oxygens (including phenoxy) is 2. The number of aromatic nitrogens is 1. The van der Waals surface area contributed by atoms with Gasteiger partial charge in [0.15, 0.2) is 11.5 Å². The Labute approximate surface area is 188 Å². The molecule has 3 heterocycles. The first-order chi connectivity index (χ1) is 15.5. The Morgan fingerprint density at radius 1 is 0.844 bits per heavy atom. The second kappa shape index (κ2) is 8.58. The molecule has 1 fully saturated rings. The highest BCUT2D eigenvalue weighted by atomic mass is 32.2.